The van der Waals surface area contributed by atoms with Crippen LogP contribution in [0.4, 0.5) is 0 Å². The molecule has 6 nitrogen and oxygen atoms in total. The van der Waals surface area contributed by atoms with Gasteiger partial charge in [-0.15, -0.1) is 5.10 Å². The fraction of sp³-hybridized carbons (Fsp3) is 0.176. The Morgan fingerprint density at radius 3 is 2.60 bits per heavy atom. The minimum Gasteiger partial charge on any atom is -0.351 e. The Labute approximate surface area is 154 Å². The first-order chi connectivity index (χ1) is 12.1. The second kappa shape index (κ2) is 8.13. The van der Waals surface area contributed by atoms with E-state index in [2.05, 4.69) is 20.8 Å². The highest BCUT2D eigenvalue weighted by molar-refractivity contribution is 7.99. The Balaban J connectivity index is 1.55. The van der Waals surface area contributed by atoms with Crippen LogP contribution in [0.2, 0.25) is 5.02 Å². The number of aromatic nitrogens is 4. The fourth-order valence-electron chi connectivity index (χ4n) is 2.10. The van der Waals surface area contributed by atoms with Gasteiger partial charge in [0.1, 0.15) is 0 Å². The molecule has 3 rings (SSSR count). The summed E-state index contributed by atoms with van der Waals surface area (Å²) in [5, 5.41) is 15.8. The zero-order chi connectivity index (χ0) is 17.6. The van der Waals surface area contributed by atoms with Crippen molar-refractivity contribution < 1.29 is 4.79 Å². The molecule has 0 bridgehead atoms. The summed E-state index contributed by atoms with van der Waals surface area (Å²) in [5.74, 6) is 0.151. The maximum atomic E-state index is 12.0. The Morgan fingerprint density at radius 1 is 1.16 bits per heavy atom. The van der Waals surface area contributed by atoms with E-state index in [9.17, 15) is 4.79 Å². The van der Waals surface area contributed by atoms with Crippen molar-refractivity contribution in [2.24, 2.45) is 0 Å². The van der Waals surface area contributed by atoms with Crippen LogP contribution in [0.5, 0.6) is 0 Å². The van der Waals surface area contributed by atoms with E-state index in [1.165, 1.54) is 11.8 Å². The predicted octanol–water partition coefficient (Wildman–Crippen LogP) is 3.03. The normalized spacial score (nSPS) is 10.6. The fourth-order valence-corrected chi connectivity index (χ4v) is 2.95. The minimum absolute atomic E-state index is 0.0848. The molecule has 0 aliphatic carbocycles. The second-order valence-electron chi connectivity index (χ2n) is 5.40. The first-order valence-electron chi connectivity index (χ1n) is 7.61. The summed E-state index contributed by atoms with van der Waals surface area (Å²) in [7, 11) is 0. The summed E-state index contributed by atoms with van der Waals surface area (Å²) in [6.45, 7) is 2.48. The Kier molecular flexibility index (Phi) is 5.67. The van der Waals surface area contributed by atoms with Crippen molar-refractivity contribution in [1.82, 2.24) is 25.5 Å². The number of halogens is 1. The van der Waals surface area contributed by atoms with Gasteiger partial charge in [-0.1, -0.05) is 53.2 Å². The van der Waals surface area contributed by atoms with E-state index in [1.54, 1.807) is 16.8 Å². The summed E-state index contributed by atoms with van der Waals surface area (Å²) in [5.41, 5.74) is 3.01. The van der Waals surface area contributed by atoms with Crippen LogP contribution in [0.3, 0.4) is 0 Å². The Morgan fingerprint density at radius 2 is 1.88 bits per heavy atom. The van der Waals surface area contributed by atoms with E-state index in [-0.39, 0.29) is 11.7 Å². The van der Waals surface area contributed by atoms with Crippen LogP contribution in [0, 0.1) is 6.92 Å². The largest absolute Gasteiger partial charge is 0.351 e. The molecule has 1 N–H and O–H groups in total. The molecule has 2 aromatic carbocycles. The highest BCUT2D eigenvalue weighted by atomic mass is 35.5. The summed E-state index contributed by atoms with van der Waals surface area (Å²) in [6.07, 6.45) is 0. The van der Waals surface area contributed by atoms with Crippen molar-refractivity contribution in [2.75, 3.05) is 5.75 Å². The van der Waals surface area contributed by atoms with Gasteiger partial charge in [-0.2, -0.15) is 4.68 Å². The van der Waals surface area contributed by atoms with Crippen LogP contribution in [0.1, 0.15) is 11.1 Å². The van der Waals surface area contributed by atoms with Crippen LogP contribution in [0.15, 0.2) is 53.7 Å². The summed E-state index contributed by atoms with van der Waals surface area (Å²) in [6, 6.07) is 15.2. The molecular weight excluding hydrogens is 358 g/mol. The predicted molar refractivity (Wildman–Crippen MR) is 97.9 cm³/mol. The van der Waals surface area contributed by atoms with E-state index >= 15 is 0 Å². The molecule has 0 saturated heterocycles. The quantitative estimate of drug-likeness (QED) is 0.672. The Hall–Kier alpha value is -2.38. The SMILES string of the molecule is Cc1ccc(-n2nnnc2SCC(=O)NCc2ccc(Cl)cc2)cc1. The molecule has 0 saturated carbocycles. The number of thioether (sulfide) groups is 1. The van der Waals surface area contributed by atoms with Crippen molar-refractivity contribution in [2.45, 2.75) is 18.6 Å². The number of hydrogen-bond acceptors (Lipinski definition) is 5. The van der Waals surface area contributed by atoms with Gasteiger partial charge in [-0.05, 0) is 47.2 Å². The number of tetrazole rings is 1. The van der Waals surface area contributed by atoms with E-state index in [0.717, 1.165) is 16.8 Å². The number of amides is 1. The number of carbonyl (C=O) groups excluding carboxylic acids is 1. The zero-order valence-corrected chi connectivity index (χ0v) is 15.1. The summed E-state index contributed by atoms with van der Waals surface area (Å²) in [4.78, 5) is 12.0. The lowest BCUT2D eigenvalue weighted by molar-refractivity contribution is -0.118. The number of nitrogens with one attached hydrogen (secondary N) is 1. The Bertz CT molecular complexity index is 848. The number of aryl methyl sites for hydroxylation is 1. The van der Waals surface area contributed by atoms with Crippen LogP contribution in [-0.2, 0) is 11.3 Å². The minimum atomic E-state index is -0.0848. The molecule has 0 aliphatic heterocycles. The number of nitrogens with zero attached hydrogens (tertiary/aromatic N) is 4. The smallest absolute Gasteiger partial charge is 0.230 e. The molecule has 0 fully saturated rings. The molecule has 0 aliphatic rings. The number of benzene rings is 2. The lowest BCUT2D eigenvalue weighted by atomic mass is 10.2. The van der Waals surface area contributed by atoms with Crippen molar-refractivity contribution >= 4 is 29.3 Å². The number of rotatable bonds is 6. The standard InChI is InChI=1S/C17H16ClN5OS/c1-12-2-8-15(9-3-12)23-17(20-21-22-23)25-11-16(24)19-10-13-4-6-14(18)7-5-13/h2-9H,10-11H2,1H3,(H,19,24). The summed E-state index contributed by atoms with van der Waals surface area (Å²) < 4.78 is 1.62. The molecular formula is C17H16ClN5OS. The third-order valence-corrected chi connectivity index (χ3v) is 4.63. The lowest BCUT2D eigenvalue weighted by Crippen LogP contribution is -2.24. The van der Waals surface area contributed by atoms with Gasteiger partial charge in [0.2, 0.25) is 11.1 Å². The molecule has 1 aromatic heterocycles. The van der Waals surface area contributed by atoms with Crippen LogP contribution in [0.25, 0.3) is 5.69 Å². The molecule has 0 radical (unpaired) electrons. The lowest BCUT2D eigenvalue weighted by Gasteiger charge is -2.06. The topological polar surface area (TPSA) is 72.7 Å². The maximum absolute atomic E-state index is 12.0. The monoisotopic (exact) mass is 373 g/mol. The van der Waals surface area contributed by atoms with Gasteiger partial charge in [0, 0.05) is 11.6 Å². The highest BCUT2D eigenvalue weighted by Gasteiger charge is 2.11. The molecule has 0 spiro atoms. The van der Waals surface area contributed by atoms with Gasteiger partial charge in [-0.25, -0.2) is 0 Å². The third kappa shape index (κ3) is 4.80. The molecule has 3 aromatic rings. The average molecular weight is 374 g/mol. The maximum Gasteiger partial charge on any atom is 0.230 e. The molecule has 25 heavy (non-hydrogen) atoms. The van der Waals surface area contributed by atoms with Gasteiger partial charge in [-0.3, -0.25) is 4.79 Å². The van der Waals surface area contributed by atoms with E-state index < -0.39 is 0 Å². The first kappa shape index (κ1) is 17.4. The highest BCUT2D eigenvalue weighted by Crippen LogP contribution is 2.18. The molecule has 8 heteroatoms. The van der Waals surface area contributed by atoms with E-state index in [0.29, 0.717) is 16.7 Å². The van der Waals surface area contributed by atoms with Gasteiger partial charge in [0.15, 0.2) is 0 Å². The van der Waals surface area contributed by atoms with Crippen LogP contribution < -0.4 is 5.32 Å². The zero-order valence-electron chi connectivity index (χ0n) is 13.5. The molecule has 0 unspecified atom stereocenters. The van der Waals surface area contributed by atoms with Gasteiger partial charge < -0.3 is 5.32 Å². The number of hydrogen-bond donors (Lipinski definition) is 1. The van der Waals surface area contributed by atoms with Crippen molar-refractivity contribution in [3.05, 3.63) is 64.7 Å². The van der Waals surface area contributed by atoms with Crippen molar-refractivity contribution in [3.63, 3.8) is 0 Å². The molecule has 128 valence electrons. The van der Waals surface area contributed by atoms with E-state index in [1.807, 2.05) is 43.3 Å². The molecule has 0 atom stereocenters. The van der Waals surface area contributed by atoms with Crippen LogP contribution >= 0.6 is 23.4 Å². The first-order valence-corrected chi connectivity index (χ1v) is 8.97. The second-order valence-corrected chi connectivity index (χ2v) is 6.78. The average Bonchev–Trinajstić information content (AvgIpc) is 3.09. The number of carbonyl (C=O) groups is 1. The molecule has 1 amide bonds. The van der Waals surface area contributed by atoms with Gasteiger partial charge >= 0.3 is 0 Å². The van der Waals surface area contributed by atoms with Crippen molar-refractivity contribution in [3.8, 4) is 5.69 Å². The van der Waals surface area contributed by atoms with E-state index in [4.69, 9.17) is 11.6 Å². The molecule has 1 heterocycles. The van der Waals surface area contributed by atoms with Crippen molar-refractivity contribution in [1.29, 1.82) is 0 Å². The van der Waals surface area contributed by atoms with Crippen LogP contribution in [-0.4, -0.2) is 31.9 Å². The third-order valence-electron chi connectivity index (χ3n) is 3.45. The van der Waals surface area contributed by atoms with Gasteiger partial charge in [0.25, 0.3) is 0 Å². The van der Waals surface area contributed by atoms with Gasteiger partial charge in [0.05, 0.1) is 11.4 Å². The summed E-state index contributed by atoms with van der Waals surface area (Å²) >= 11 is 7.14.